The number of phenolic OH excluding ortho intramolecular Hbond substituents is 1. The number of halogens is 3. The number of nitrogens with zero attached hydrogens (tertiary/aromatic N) is 4. The van der Waals surface area contributed by atoms with Crippen LogP contribution in [0.3, 0.4) is 0 Å². The molecular weight excluding hydrogens is 624 g/mol. The molecule has 47 heavy (non-hydrogen) atoms. The number of aromatic hydroxyl groups is 1. The molecule has 3 aromatic carbocycles. The summed E-state index contributed by atoms with van der Waals surface area (Å²) in [6.07, 6.45) is 4.86. The van der Waals surface area contributed by atoms with Crippen LogP contribution >= 0.6 is 11.6 Å². The zero-order chi connectivity index (χ0) is 32.4. The quantitative estimate of drug-likeness (QED) is 0.222. The van der Waals surface area contributed by atoms with Crippen LogP contribution in [0.4, 0.5) is 14.6 Å². The molecule has 4 aliphatic rings. The highest BCUT2D eigenvalue weighted by Crippen LogP contribution is 2.44. The fourth-order valence-electron chi connectivity index (χ4n) is 8.37. The normalized spacial score (nSPS) is 24.8. The highest BCUT2D eigenvalue weighted by Gasteiger charge is 2.38. The van der Waals surface area contributed by atoms with Crippen molar-refractivity contribution < 1.29 is 23.4 Å². The molecule has 0 amide bonds. The van der Waals surface area contributed by atoms with E-state index in [9.17, 15) is 5.11 Å². The fraction of sp³-hybridized carbons (Fsp3) is 0.500. The molecule has 248 valence electrons. The van der Waals surface area contributed by atoms with E-state index in [1.807, 2.05) is 6.92 Å². The minimum Gasteiger partial charge on any atom is -0.508 e. The van der Waals surface area contributed by atoms with Crippen molar-refractivity contribution in [1.29, 1.82) is 0 Å². The average Bonchev–Trinajstić information content (AvgIpc) is 3.48. The maximum Gasteiger partial charge on any atom is 0.319 e. The predicted molar refractivity (Wildman–Crippen MR) is 180 cm³/mol. The van der Waals surface area contributed by atoms with Crippen LogP contribution in [0.5, 0.6) is 11.8 Å². The molecular formula is C36H40ClF2N5O3. The number of phenols is 1. The Balaban J connectivity index is 1.21. The molecule has 4 aliphatic heterocycles. The molecule has 4 aromatic rings. The van der Waals surface area contributed by atoms with E-state index >= 15 is 8.78 Å². The average molecular weight is 664 g/mol. The van der Waals surface area contributed by atoms with Crippen molar-refractivity contribution in [3.8, 4) is 22.9 Å². The Kier molecular flexibility index (Phi) is 8.10. The number of aryl methyl sites for hydroxylation is 1. The third kappa shape index (κ3) is 5.57. The van der Waals surface area contributed by atoms with Crippen LogP contribution in [-0.4, -0.2) is 83.6 Å². The Morgan fingerprint density at radius 1 is 1.06 bits per heavy atom. The number of anilines is 1. The molecule has 2 N–H and O–H groups in total. The lowest BCUT2D eigenvalue weighted by atomic mass is 9.92. The number of benzene rings is 3. The number of nitrogens with one attached hydrogen (secondary N) is 1. The second kappa shape index (κ2) is 12.3. The van der Waals surface area contributed by atoms with Crippen LogP contribution in [0, 0.1) is 17.6 Å². The Labute approximate surface area is 278 Å². The Hall–Kier alpha value is -3.31. The van der Waals surface area contributed by atoms with Gasteiger partial charge in [0.2, 0.25) is 0 Å². The first-order chi connectivity index (χ1) is 22.8. The first kappa shape index (κ1) is 31.0. The molecule has 0 saturated carbocycles. The number of hydrogen-bond acceptors (Lipinski definition) is 8. The lowest BCUT2D eigenvalue weighted by Gasteiger charge is -2.36. The van der Waals surface area contributed by atoms with Gasteiger partial charge in [0.25, 0.3) is 0 Å². The van der Waals surface area contributed by atoms with Gasteiger partial charge in [-0.3, -0.25) is 4.90 Å². The fourth-order valence-corrected chi connectivity index (χ4v) is 8.66. The minimum absolute atomic E-state index is 0.0625. The maximum atomic E-state index is 17.1. The molecule has 4 saturated heterocycles. The molecule has 1 aromatic heterocycles. The number of piperazine rings is 1. The lowest BCUT2D eigenvalue weighted by Crippen LogP contribution is -2.51. The standard InChI is InChI=1S/C36H40ClF2N5O3/c1-3-26-30(38)9-4-20-10-25(45)11-27(31(20)26)32-29(37)12-28-34(33(32)39)41-36(42-35(28)43-14-21-5-6-22(15-43)40-21)47-16-19(2)13-44-23-7-8-24(44)18-46-17-23/h4,9-12,19,21-24,40,45H,3,5-8,13-18H2,1-2H3/t19-,21?,22?,23?,24?/m1/s1. The van der Waals surface area contributed by atoms with Gasteiger partial charge < -0.3 is 24.8 Å². The number of hydrogen-bond donors (Lipinski definition) is 2. The number of rotatable bonds is 8. The van der Waals surface area contributed by atoms with Crippen molar-refractivity contribution >= 4 is 39.1 Å². The SMILES string of the molecule is CCc1c(F)ccc2cc(O)cc(-c3c(Cl)cc4c(N5CC6CCC(C5)N6)nc(OC[C@H](C)CN5C6CCC5COC6)nc4c3F)c12. The van der Waals surface area contributed by atoms with E-state index in [2.05, 4.69) is 27.0 Å². The van der Waals surface area contributed by atoms with E-state index in [0.717, 1.165) is 58.5 Å². The zero-order valence-electron chi connectivity index (χ0n) is 26.7. The highest BCUT2D eigenvalue weighted by molar-refractivity contribution is 6.35. The summed E-state index contributed by atoms with van der Waals surface area (Å²) in [5.41, 5.74) is 0.893. The van der Waals surface area contributed by atoms with Crippen LogP contribution in [-0.2, 0) is 11.2 Å². The molecule has 5 atom stereocenters. The van der Waals surface area contributed by atoms with Gasteiger partial charge in [-0.05, 0) is 78.3 Å². The molecule has 8 nitrogen and oxygen atoms in total. The second-order valence-corrected chi connectivity index (χ2v) is 14.2. The van der Waals surface area contributed by atoms with Gasteiger partial charge in [0.1, 0.15) is 22.9 Å². The molecule has 0 aliphatic carbocycles. The summed E-state index contributed by atoms with van der Waals surface area (Å²) in [5.74, 6) is -0.327. The molecule has 8 rings (SSSR count). The van der Waals surface area contributed by atoms with Gasteiger partial charge in [-0.2, -0.15) is 9.97 Å². The van der Waals surface area contributed by atoms with Gasteiger partial charge in [0, 0.05) is 60.7 Å². The summed E-state index contributed by atoms with van der Waals surface area (Å²) in [4.78, 5) is 14.3. The summed E-state index contributed by atoms with van der Waals surface area (Å²) in [7, 11) is 0. The van der Waals surface area contributed by atoms with E-state index in [1.54, 1.807) is 18.2 Å². The van der Waals surface area contributed by atoms with Gasteiger partial charge in [-0.15, -0.1) is 0 Å². The van der Waals surface area contributed by atoms with Crippen molar-refractivity contribution in [1.82, 2.24) is 20.2 Å². The van der Waals surface area contributed by atoms with Crippen LogP contribution in [0.2, 0.25) is 5.02 Å². The molecule has 0 radical (unpaired) electrons. The van der Waals surface area contributed by atoms with Crippen molar-refractivity contribution in [3.05, 3.63) is 52.6 Å². The summed E-state index contributed by atoms with van der Waals surface area (Å²) < 4.78 is 44.1. The Bertz CT molecular complexity index is 1830. The maximum absolute atomic E-state index is 17.1. The van der Waals surface area contributed by atoms with Crippen molar-refractivity contribution in [2.45, 2.75) is 70.1 Å². The van der Waals surface area contributed by atoms with Gasteiger partial charge in [0.05, 0.1) is 24.8 Å². The van der Waals surface area contributed by atoms with Crippen LogP contribution in [0.25, 0.3) is 32.8 Å². The monoisotopic (exact) mass is 663 g/mol. The number of fused-ring (bicyclic) bond motifs is 6. The van der Waals surface area contributed by atoms with Crippen LogP contribution in [0.15, 0.2) is 30.3 Å². The van der Waals surface area contributed by atoms with E-state index in [-0.39, 0.29) is 33.8 Å². The topological polar surface area (TPSA) is 83.0 Å². The van der Waals surface area contributed by atoms with E-state index in [4.69, 9.17) is 26.1 Å². The first-order valence-electron chi connectivity index (χ1n) is 16.9. The molecule has 4 unspecified atom stereocenters. The Morgan fingerprint density at radius 3 is 2.53 bits per heavy atom. The first-order valence-corrected chi connectivity index (χ1v) is 17.3. The minimum atomic E-state index is -0.657. The third-order valence-electron chi connectivity index (χ3n) is 10.5. The van der Waals surface area contributed by atoms with Crippen molar-refractivity contribution in [2.24, 2.45) is 5.92 Å². The predicted octanol–water partition coefficient (Wildman–Crippen LogP) is 6.47. The van der Waals surface area contributed by atoms with Crippen molar-refractivity contribution in [2.75, 3.05) is 44.4 Å². The highest BCUT2D eigenvalue weighted by atomic mass is 35.5. The third-order valence-corrected chi connectivity index (χ3v) is 10.8. The second-order valence-electron chi connectivity index (χ2n) is 13.8. The lowest BCUT2D eigenvalue weighted by molar-refractivity contribution is -0.0229. The van der Waals surface area contributed by atoms with Crippen LogP contribution in [0.1, 0.15) is 45.1 Å². The number of aromatic nitrogens is 2. The largest absolute Gasteiger partial charge is 0.508 e. The Morgan fingerprint density at radius 2 is 1.81 bits per heavy atom. The molecule has 4 bridgehead atoms. The van der Waals surface area contributed by atoms with Gasteiger partial charge in [-0.1, -0.05) is 31.5 Å². The molecule has 0 spiro atoms. The smallest absolute Gasteiger partial charge is 0.319 e. The van der Waals surface area contributed by atoms with E-state index < -0.39 is 11.6 Å². The summed E-state index contributed by atoms with van der Waals surface area (Å²) in [6.45, 7) is 8.29. The molecule has 5 heterocycles. The molecule has 11 heteroatoms. The van der Waals surface area contributed by atoms with Gasteiger partial charge >= 0.3 is 6.01 Å². The molecule has 4 fully saturated rings. The summed E-state index contributed by atoms with van der Waals surface area (Å²) >= 11 is 6.93. The summed E-state index contributed by atoms with van der Waals surface area (Å²) in [5, 5.41) is 16.1. The number of morpholine rings is 1. The van der Waals surface area contributed by atoms with E-state index in [1.165, 1.54) is 12.1 Å². The van der Waals surface area contributed by atoms with Crippen molar-refractivity contribution in [3.63, 3.8) is 0 Å². The van der Waals surface area contributed by atoms with Crippen LogP contribution < -0.4 is 15.0 Å². The van der Waals surface area contributed by atoms with Gasteiger partial charge in [0.15, 0.2) is 5.82 Å². The van der Waals surface area contributed by atoms with Gasteiger partial charge in [-0.25, -0.2) is 8.78 Å². The van der Waals surface area contributed by atoms with E-state index in [0.29, 0.717) is 70.3 Å². The summed E-state index contributed by atoms with van der Waals surface area (Å²) in [6, 6.07) is 9.35. The number of ether oxygens (including phenoxy) is 2. The zero-order valence-corrected chi connectivity index (χ0v) is 27.5.